The average Bonchev–Trinajstić information content (AvgIpc) is 3.51. The van der Waals surface area contributed by atoms with Gasteiger partial charge in [-0.3, -0.25) is 18.7 Å². The van der Waals surface area contributed by atoms with Crippen LogP contribution in [0.4, 0.5) is 11.8 Å². The van der Waals surface area contributed by atoms with Gasteiger partial charge in [0.25, 0.3) is 5.56 Å². The van der Waals surface area contributed by atoms with Crippen molar-refractivity contribution in [3.63, 3.8) is 0 Å². The molecule has 0 unspecified atom stereocenters. The number of carbonyl (C=O) groups excluding carboxylic acids is 1. The number of fused-ring (bicyclic) bond motifs is 2. The fourth-order valence-electron chi connectivity index (χ4n) is 5.00. The molecular formula is C27H26ClN7O4. The minimum absolute atomic E-state index is 0.0128. The zero-order valence-electron chi connectivity index (χ0n) is 21.6. The van der Waals surface area contributed by atoms with Crippen LogP contribution in [-0.4, -0.2) is 41.2 Å². The van der Waals surface area contributed by atoms with Crippen molar-refractivity contribution < 1.29 is 9.53 Å². The zero-order chi connectivity index (χ0) is 27.4. The Kier molecular flexibility index (Phi) is 6.02. The molecule has 0 spiro atoms. The van der Waals surface area contributed by atoms with E-state index in [1.54, 1.807) is 37.7 Å². The fraction of sp³-hybridized carbons (Fsp3) is 0.296. The summed E-state index contributed by atoms with van der Waals surface area (Å²) in [7, 11) is 3.29. The Labute approximate surface area is 227 Å². The van der Waals surface area contributed by atoms with Gasteiger partial charge in [-0.15, -0.1) is 0 Å². The van der Waals surface area contributed by atoms with Gasteiger partial charge in [0.1, 0.15) is 5.82 Å². The summed E-state index contributed by atoms with van der Waals surface area (Å²) in [5.41, 5.74) is 1.87. The number of ether oxygens (including phenoxy) is 1. The van der Waals surface area contributed by atoms with Gasteiger partial charge in [0.05, 0.1) is 19.1 Å². The molecule has 6 rings (SSSR count). The van der Waals surface area contributed by atoms with Gasteiger partial charge in [-0.1, -0.05) is 23.7 Å². The monoisotopic (exact) mass is 547 g/mol. The molecule has 2 atom stereocenters. The molecule has 39 heavy (non-hydrogen) atoms. The summed E-state index contributed by atoms with van der Waals surface area (Å²) in [6.07, 6.45) is 0.700. The van der Waals surface area contributed by atoms with Crippen LogP contribution in [0.15, 0.2) is 52.1 Å². The quantitative estimate of drug-likeness (QED) is 0.299. The second-order valence-electron chi connectivity index (χ2n) is 9.67. The first kappa shape index (κ1) is 24.9. The number of rotatable bonds is 7. The number of esters is 1. The van der Waals surface area contributed by atoms with Gasteiger partial charge in [0, 0.05) is 47.3 Å². The molecule has 0 aliphatic heterocycles. The highest BCUT2D eigenvalue weighted by atomic mass is 35.5. The molecular weight excluding hydrogens is 522 g/mol. The standard InChI is InChI=1S/C27H26ClN7O4/c1-4-39-25(37)16-12-15(16)19-9-6-10-21(30-19)31-26-32-23-22(33(26)2)24(36)35(27(38)34(23)3)13-14-11-17-18(28)7-5-8-20(17)29-14/h5-11,15-16,29H,4,12-13H2,1-3H3,(H,30,31,32)/t15-,16+/m0/s1. The molecule has 0 bridgehead atoms. The molecule has 11 nitrogen and oxygen atoms in total. The number of imidazole rings is 1. The van der Waals surface area contributed by atoms with Crippen LogP contribution in [-0.2, 0) is 30.2 Å². The van der Waals surface area contributed by atoms with Crippen molar-refractivity contribution in [3.8, 4) is 0 Å². The number of aromatic nitrogens is 6. The number of nitrogens with zero attached hydrogens (tertiary/aromatic N) is 5. The first-order valence-corrected chi connectivity index (χ1v) is 13.0. The Morgan fingerprint density at radius 3 is 2.72 bits per heavy atom. The number of H-pyrrole nitrogens is 1. The minimum Gasteiger partial charge on any atom is -0.466 e. The molecule has 200 valence electrons. The first-order valence-electron chi connectivity index (χ1n) is 12.6. The highest BCUT2D eigenvalue weighted by Crippen LogP contribution is 2.47. The molecule has 2 N–H and O–H groups in total. The van der Waals surface area contributed by atoms with Crippen LogP contribution < -0.4 is 16.6 Å². The summed E-state index contributed by atoms with van der Waals surface area (Å²) >= 11 is 6.29. The van der Waals surface area contributed by atoms with Gasteiger partial charge in [-0.25, -0.2) is 9.78 Å². The van der Waals surface area contributed by atoms with Gasteiger partial charge < -0.3 is 19.6 Å². The van der Waals surface area contributed by atoms with Crippen molar-refractivity contribution >= 4 is 51.4 Å². The summed E-state index contributed by atoms with van der Waals surface area (Å²) < 4.78 is 9.27. The molecule has 1 fully saturated rings. The lowest BCUT2D eigenvalue weighted by Crippen LogP contribution is -2.39. The third-order valence-corrected chi connectivity index (χ3v) is 7.45. The van der Waals surface area contributed by atoms with Crippen LogP contribution in [0.1, 0.15) is 30.7 Å². The van der Waals surface area contributed by atoms with E-state index in [9.17, 15) is 14.4 Å². The normalized spacial score (nSPS) is 16.6. The maximum absolute atomic E-state index is 13.5. The smallest absolute Gasteiger partial charge is 0.332 e. The van der Waals surface area contributed by atoms with Crippen molar-refractivity contribution in [1.29, 1.82) is 0 Å². The molecule has 4 heterocycles. The Morgan fingerprint density at radius 2 is 1.95 bits per heavy atom. The molecule has 1 aliphatic rings. The van der Waals surface area contributed by atoms with Crippen LogP contribution in [0.25, 0.3) is 22.1 Å². The lowest BCUT2D eigenvalue weighted by molar-refractivity contribution is -0.144. The highest BCUT2D eigenvalue weighted by Gasteiger charge is 2.46. The summed E-state index contributed by atoms with van der Waals surface area (Å²) in [5.74, 6) is 0.504. The number of carbonyl (C=O) groups is 1. The number of aryl methyl sites for hydroxylation is 2. The first-order chi connectivity index (χ1) is 18.8. The van der Waals surface area contributed by atoms with E-state index >= 15 is 0 Å². The minimum atomic E-state index is -0.485. The number of benzene rings is 1. The van der Waals surface area contributed by atoms with E-state index in [4.69, 9.17) is 16.3 Å². The van der Waals surface area contributed by atoms with E-state index in [0.29, 0.717) is 35.5 Å². The molecule has 12 heteroatoms. The molecule has 0 saturated heterocycles. The van der Waals surface area contributed by atoms with Gasteiger partial charge in [0.2, 0.25) is 5.95 Å². The Hall–Kier alpha value is -4.38. The van der Waals surface area contributed by atoms with Crippen molar-refractivity contribution in [3.05, 3.63) is 79.7 Å². The van der Waals surface area contributed by atoms with Crippen LogP contribution >= 0.6 is 11.6 Å². The van der Waals surface area contributed by atoms with E-state index < -0.39 is 11.2 Å². The van der Waals surface area contributed by atoms with Crippen molar-refractivity contribution in [2.75, 3.05) is 11.9 Å². The number of hydrogen-bond acceptors (Lipinski definition) is 7. The number of pyridine rings is 1. The predicted molar refractivity (Wildman–Crippen MR) is 148 cm³/mol. The average molecular weight is 548 g/mol. The van der Waals surface area contributed by atoms with Crippen molar-refractivity contribution in [2.45, 2.75) is 25.8 Å². The van der Waals surface area contributed by atoms with Crippen LogP contribution in [0.5, 0.6) is 0 Å². The Bertz CT molecular complexity index is 1880. The van der Waals surface area contributed by atoms with E-state index in [1.807, 2.05) is 30.3 Å². The second kappa shape index (κ2) is 9.42. The summed E-state index contributed by atoms with van der Waals surface area (Å²) in [6.45, 7) is 2.19. The highest BCUT2D eigenvalue weighted by molar-refractivity contribution is 6.35. The number of hydrogen-bond donors (Lipinski definition) is 2. The SMILES string of the molecule is CCOC(=O)[C@@H]1C[C@@H]1c1cccc(Nc2nc3c(c(=O)n(Cc4cc5c(Cl)cccc5[nH]4)c(=O)n3C)n2C)n1. The van der Waals surface area contributed by atoms with Crippen molar-refractivity contribution in [1.82, 2.24) is 28.7 Å². The van der Waals surface area contributed by atoms with Crippen LogP contribution in [0, 0.1) is 5.92 Å². The number of nitrogens with one attached hydrogen (secondary N) is 2. The van der Waals surface area contributed by atoms with E-state index in [2.05, 4.69) is 20.3 Å². The third-order valence-electron chi connectivity index (χ3n) is 7.13. The zero-order valence-corrected chi connectivity index (χ0v) is 22.3. The van der Waals surface area contributed by atoms with Gasteiger partial charge in [-0.2, -0.15) is 4.98 Å². The van der Waals surface area contributed by atoms with Crippen LogP contribution in [0.3, 0.4) is 0 Å². The molecule has 0 amide bonds. The van der Waals surface area contributed by atoms with E-state index in [-0.39, 0.29) is 35.5 Å². The Balaban J connectivity index is 1.32. The maximum atomic E-state index is 13.5. The summed E-state index contributed by atoms with van der Waals surface area (Å²) in [6, 6.07) is 12.9. The van der Waals surface area contributed by atoms with Gasteiger partial charge in [0.15, 0.2) is 11.2 Å². The number of anilines is 2. The summed E-state index contributed by atoms with van der Waals surface area (Å²) in [5, 5.41) is 4.57. The Morgan fingerprint density at radius 1 is 1.15 bits per heavy atom. The molecule has 1 aliphatic carbocycles. The lowest BCUT2D eigenvalue weighted by Gasteiger charge is -2.08. The van der Waals surface area contributed by atoms with Crippen LogP contribution in [0.2, 0.25) is 5.02 Å². The molecule has 1 aromatic carbocycles. The van der Waals surface area contributed by atoms with E-state index in [0.717, 1.165) is 16.6 Å². The topological polar surface area (TPSA) is 129 Å². The van der Waals surface area contributed by atoms with Gasteiger partial charge >= 0.3 is 11.7 Å². The number of halogens is 1. The molecule has 1 saturated carbocycles. The van der Waals surface area contributed by atoms with Crippen molar-refractivity contribution in [2.24, 2.45) is 20.0 Å². The summed E-state index contributed by atoms with van der Waals surface area (Å²) in [4.78, 5) is 51.2. The second-order valence-corrected chi connectivity index (χ2v) is 10.1. The van der Waals surface area contributed by atoms with E-state index in [1.165, 1.54) is 9.13 Å². The molecule has 0 radical (unpaired) electrons. The molecule has 5 aromatic rings. The molecule has 4 aromatic heterocycles. The predicted octanol–water partition coefficient (Wildman–Crippen LogP) is 3.42. The van der Waals surface area contributed by atoms with Gasteiger partial charge in [-0.05, 0) is 43.7 Å². The maximum Gasteiger partial charge on any atom is 0.332 e. The third kappa shape index (κ3) is 4.28. The largest absolute Gasteiger partial charge is 0.466 e. The number of aromatic amines is 1. The lowest BCUT2D eigenvalue weighted by atomic mass is 10.2. The fourth-order valence-corrected chi connectivity index (χ4v) is 5.23.